The molecule has 0 spiro atoms. The summed E-state index contributed by atoms with van der Waals surface area (Å²) in [6, 6.07) is 5.86. The number of carbonyl (C=O) groups is 1. The van der Waals surface area contributed by atoms with Crippen LogP contribution >= 0.6 is 0 Å². The van der Waals surface area contributed by atoms with Crippen LogP contribution in [0.15, 0.2) is 18.2 Å². The summed E-state index contributed by atoms with van der Waals surface area (Å²) in [6.07, 6.45) is 7.42. The van der Waals surface area contributed by atoms with E-state index in [1.54, 1.807) is 0 Å². The molecule has 4 heteroatoms. The standard InChI is InChI=1S/C17H27N3O/c1-3-15(13-7-5-4-6-8-13)19-17(21)14-9-10-16(20-18)12(2)11-14/h9-11,13,15,20H,3-8,18H2,1-2H3,(H,19,21). The summed E-state index contributed by atoms with van der Waals surface area (Å²) < 4.78 is 0. The lowest BCUT2D eigenvalue weighted by molar-refractivity contribution is 0.0911. The molecular weight excluding hydrogens is 262 g/mol. The van der Waals surface area contributed by atoms with Crippen LogP contribution in [0.5, 0.6) is 0 Å². The minimum absolute atomic E-state index is 0.0269. The second-order valence-electron chi connectivity index (χ2n) is 6.06. The van der Waals surface area contributed by atoms with Gasteiger partial charge >= 0.3 is 0 Å². The van der Waals surface area contributed by atoms with Gasteiger partial charge in [0.15, 0.2) is 0 Å². The van der Waals surface area contributed by atoms with Gasteiger partial charge in [-0.15, -0.1) is 0 Å². The average Bonchev–Trinajstić information content (AvgIpc) is 2.53. The van der Waals surface area contributed by atoms with Gasteiger partial charge < -0.3 is 10.7 Å². The van der Waals surface area contributed by atoms with Crippen LogP contribution in [0.4, 0.5) is 5.69 Å². The first-order valence-corrected chi connectivity index (χ1v) is 8.03. The highest BCUT2D eigenvalue weighted by Crippen LogP contribution is 2.28. The predicted molar refractivity (Wildman–Crippen MR) is 87.1 cm³/mol. The van der Waals surface area contributed by atoms with Gasteiger partial charge in [0.05, 0.1) is 5.69 Å². The van der Waals surface area contributed by atoms with E-state index in [1.165, 1.54) is 32.1 Å². The van der Waals surface area contributed by atoms with Crippen molar-refractivity contribution < 1.29 is 4.79 Å². The smallest absolute Gasteiger partial charge is 0.251 e. The van der Waals surface area contributed by atoms with Crippen LogP contribution in [0.2, 0.25) is 0 Å². The maximum atomic E-state index is 12.4. The molecule has 21 heavy (non-hydrogen) atoms. The second kappa shape index (κ2) is 7.46. The van der Waals surface area contributed by atoms with E-state index >= 15 is 0 Å². The molecule has 2 rings (SSSR count). The zero-order valence-corrected chi connectivity index (χ0v) is 13.1. The molecule has 0 radical (unpaired) electrons. The molecule has 0 aromatic heterocycles. The van der Waals surface area contributed by atoms with Gasteiger partial charge in [0.1, 0.15) is 0 Å². The van der Waals surface area contributed by atoms with Crippen molar-refractivity contribution in [3.05, 3.63) is 29.3 Å². The third-order valence-electron chi connectivity index (χ3n) is 4.62. The highest BCUT2D eigenvalue weighted by atomic mass is 16.1. The molecule has 1 aromatic carbocycles. The van der Waals surface area contributed by atoms with Crippen molar-refractivity contribution in [2.75, 3.05) is 5.43 Å². The fraction of sp³-hybridized carbons (Fsp3) is 0.588. The minimum atomic E-state index is 0.0269. The minimum Gasteiger partial charge on any atom is -0.349 e. The molecule has 1 atom stereocenters. The third-order valence-corrected chi connectivity index (χ3v) is 4.62. The van der Waals surface area contributed by atoms with Crippen LogP contribution in [0.3, 0.4) is 0 Å². The van der Waals surface area contributed by atoms with E-state index in [0.29, 0.717) is 17.5 Å². The van der Waals surface area contributed by atoms with E-state index in [-0.39, 0.29) is 5.91 Å². The van der Waals surface area contributed by atoms with E-state index in [4.69, 9.17) is 5.84 Å². The number of aryl methyl sites for hydroxylation is 1. The molecule has 4 N–H and O–H groups in total. The van der Waals surface area contributed by atoms with Crippen molar-refractivity contribution in [2.24, 2.45) is 11.8 Å². The Morgan fingerprint density at radius 2 is 2.05 bits per heavy atom. The molecular formula is C17H27N3O. The van der Waals surface area contributed by atoms with Crippen LogP contribution in [-0.2, 0) is 0 Å². The van der Waals surface area contributed by atoms with Gasteiger partial charge in [-0.3, -0.25) is 10.6 Å². The number of anilines is 1. The van der Waals surface area contributed by atoms with Crippen LogP contribution in [0, 0.1) is 12.8 Å². The lowest BCUT2D eigenvalue weighted by Crippen LogP contribution is -2.40. The number of hydrazine groups is 1. The number of nitrogens with two attached hydrogens (primary N) is 1. The van der Waals surface area contributed by atoms with Gasteiger partial charge in [0, 0.05) is 11.6 Å². The summed E-state index contributed by atoms with van der Waals surface area (Å²) >= 11 is 0. The van der Waals surface area contributed by atoms with Crippen LogP contribution < -0.4 is 16.6 Å². The Balaban J connectivity index is 2.03. The molecule has 0 aliphatic heterocycles. The van der Waals surface area contributed by atoms with Gasteiger partial charge in [0.2, 0.25) is 0 Å². The average molecular weight is 289 g/mol. The highest BCUT2D eigenvalue weighted by molar-refractivity contribution is 5.95. The molecule has 1 amide bonds. The second-order valence-corrected chi connectivity index (χ2v) is 6.06. The van der Waals surface area contributed by atoms with Gasteiger partial charge in [-0.1, -0.05) is 26.2 Å². The first-order valence-electron chi connectivity index (χ1n) is 8.03. The van der Waals surface area contributed by atoms with Gasteiger partial charge in [-0.25, -0.2) is 0 Å². The Bertz CT molecular complexity index is 481. The van der Waals surface area contributed by atoms with Crippen molar-refractivity contribution in [2.45, 2.75) is 58.4 Å². The molecule has 1 aromatic rings. The van der Waals surface area contributed by atoms with Crippen molar-refractivity contribution in [1.82, 2.24) is 5.32 Å². The zero-order chi connectivity index (χ0) is 15.2. The Labute approximate surface area is 127 Å². The molecule has 4 nitrogen and oxygen atoms in total. The molecule has 1 unspecified atom stereocenters. The number of nitrogen functional groups attached to an aromatic ring is 1. The molecule has 1 saturated carbocycles. The number of benzene rings is 1. The Morgan fingerprint density at radius 1 is 1.33 bits per heavy atom. The Kier molecular flexibility index (Phi) is 5.62. The topological polar surface area (TPSA) is 67.2 Å². The number of rotatable bonds is 5. The fourth-order valence-corrected chi connectivity index (χ4v) is 3.31. The van der Waals surface area contributed by atoms with Crippen molar-refractivity contribution >= 4 is 11.6 Å². The lowest BCUT2D eigenvalue weighted by atomic mass is 9.83. The number of nitrogens with one attached hydrogen (secondary N) is 2. The number of amides is 1. The van der Waals surface area contributed by atoms with Gasteiger partial charge in [-0.2, -0.15) is 0 Å². The van der Waals surface area contributed by atoms with E-state index in [1.807, 2.05) is 25.1 Å². The Morgan fingerprint density at radius 3 is 2.62 bits per heavy atom. The predicted octanol–water partition coefficient (Wildman–Crippen LogP) is 3.37. The van der Waals surface area contributed by atoms with Crippen LogP contribution in [0.1, 0.15) is 61.4 Å². The fourth-order valence-electron chi connectivity index (χ4n) is 3.31. The Hall–Kier alpha value is -1.55. The molecule has 0 bridgehead atoms. The quantitative estimate of drug-likeness (QED) is 0.575. The van der Waals surface area contributed by atoms with Crippen molar-refractivity contribution in [1.29, 1.82) is 0 Å². The zero-order valence-electron chi connectivity index (χ0n) is 13.1. The van der Waals surface area contributed by atoms with E-state index in [2.05, 4.69) is 17.7 Å². The monoisotopic (exact) mass is 289 g/mol. The maximum absolute atomic E-state index is 12.4. The lowest BCUT2D eigenvalue weighted by Gasteiger charge is -2.30. The summed E-state index contributed by atoms with van der Waals surface area (Å²) in [4.78, 5) is 12.4. The maximum Gasteiger partial charge on any atom is 0.251 e. The van der Waals surface area contributed by atoms with Gasteiger partial charge in [-0.05, 0) is 55.9 Å². The molecule has 1 fully saturated rings. The largest absolute Gasteiger partial charge is 0.349 e. The summed E-state index contributed by atoms with van der Waals surface area (Å²) in [7, 11) is 0. The van der Waals surface area contributed by atoms with Gasteiger partial charge in [0.25, 0.3) is 5.91 Å². The number of hydrogen-bond acceptors (Lipinski definition) is 3. The summed E-state index contributed by atoms with van der Waals surface area (Å²) in [5.74, 6) is 6.09. The van der Waals surface area contributed by atoms with E-state index in [0.717, 1.165) is 17.7 Å². The summed E-state index contributed by atoms with van der Waals surface area (Å²) in [6.45, 7) is 4.11. The molecule has 116 valence electrons. The van der Waals surface area contributed by atoms with E-state index < -0.39 is 0 Å². The van der Waals surface area contributed by atoms with E-state index in [9.17, 15) is 4.79 Å². The highest BCUT2D eigenvalue weighted by Gasteiger charge is 2.24. The molecule has 1 aliphatic rings. The summed E-state index contributed by atoms with van der Waals surface area (Å²) in [5.41, 5.74) is 5.18. The normalized spacial score (nSPS) is 17.3. The van der Waals surface area contributed by atoms with Crippen molar-refractivity contribution in [3.63, 3.8) is 0 Å². The SMILES string of the molecule is CCC(NC(=O)c1ccc(NN)c(C)c1)C1CCCCC1. The number of hydrogen-bond donors (Lipinski definition) is 3. The van der Waals surface area contributed by atoms with Crippen LogP contribution in [-0.4, -0.2) is 11.9 Å². The first kappa shape index (κ1) is 15.8. The first-order chi connectivity index (χ1) is 10.2. The van der Waals surface area contributed by atoms with Crippen molar-refractivity contribution in [3.8, 4) is 0 Å². The summed E-state index contributed by atoms with van der Waals surface area (Å²) in [5, 5.41) is 3.23. The third kappa shape index (κ3) is 3.97. The molecule has 1 aliphatic carbocycles. The number of carbonyl (C=O) groups excluding carboxylic acids is 1. The van der Waals surface area contributed by atoms with Crippen LogP contribution in [0.25, 0.3) is 0 Å². The molecule has 0 saturated heterocycles. The molecule has 0 heterocycles.